The van der Waals surface area contributed by atoms with Crippen LogP contribution in [0.2, 0.25) is 0 Å². The number of nitrogens with zero attached hydrogens (tertiary/aromatic N) is 3. The van der Waals surface area contributed by atoms with Crippen LogP contribution in [0.25, 0.3) is 0 Å². The van der Waals surface area contributed by atoms with E-state index in [1.54, 1.807) is 0 Å². The summed E-state index contributed by atoms with van der Waals surface area (Å²) in [4.78, 5) is 18.9. The largest absolute Gasteiger partial charge is 0.369 e. The highest BCUT2D eigenvalue weighted by Crippen LogP contribution is 2.24. The molecule has 1 amide bonds. The van der Waals surface area contributed by atoms with Crippen molar-refractivity contribution >= 4 is 17.3 Å². The summed E-state index contributed by atoms with van der Waals surface area (Å²) in [6.07, 6.45) is 2.74. The summed E-state index contributed by atoms with van der Waals surface area (Å²) in [6.45, 7) is 10.8. The Morgan fingerprint density at radius 3 is 2.32 bits per heavy atom. The Morgan fingerprint density at radius 1 is 0.893 bits per heavy atom. The van der Waals surface area contributed by atoms with Crippen LogP contribution in [-0.2, 0) is 11.2 Å². The van der Waals surface area contributed by atoms with Gasteiger partial charge in [-0.2, -0.15) is 0 Å². The number of amides is 1. The normalized spacial score (nSPS) is 18.1. The topological polar surface area (TPSA) is 26.8 Å². The van der Waals surface area contributed by atoms with E-state index in [0.29, 0.717) is 6.42 Å². The monoisotopic (exact) mass is 377 g/mol. The third kappa shape index (κ3) is 4.07. The van der Waals surface area contributed by atoms with Gasteiger partial charge in [-0.1, -0.05) is 24.3 Å². The van der Waals surface area contributed by atoms with Crippen molar-refractivity contribution in [1.29, 1.82) is 0 Å². The number of hydrogen-bond donors (Lipinski definition) is 0. The zero-order valence-electron chi connectivity index (χ0n) is 17.2. The molecule has 0 spiro atoms. The maximum atomic E-state index is 11.9. The van der Waals surface area contributed by atoms with E-state index < -0.39 is 0 Å². The lowest BCUT2D eigenvalue weighted by Crippen LogP contribution is -2.47. The molecular formula is C24H31N3O. The molecule has 0 unspecified atom stereocenters. The van der Waals surface area contributed by atoms with Crippen LogP contribution in [-0.4, -0.2) is 50.1 Å². The molecule has 2 aliphatic heterocycles. The van der Waals surface area contributed by atoms with Gasteiger partial charge < -0.3 is 9.80 Å². The predicted molar refractivity (Wildman–Crippen MR) is 116 cm³/mol. The lowest BCUT2D eigenvalue weighted by molar-refractivity contribution is -0.117. The van der Waals surface area contributed by atoms with E-state index >= 15 is 0 Å². The van der Waals surface area contributed by atoms with E-state index in [0.717, 1.165) is 57.8 Å². The van der Waals surface area contributed by atoms with Gasteiger partial charge in [0.15, 0.2) is 0 Å². The van der Waals surface area contributed by atoms with Crippen LogP contribution in [0.3, 0.4) is 0 Å². The summed E-state index contributed by atoms with van der Waals surface area (Å²) in [5.74, 6) is 0.259. The van der Waals surface area contributed by atoms with E-state index in [2.05, 4.69) is 66.1 Å². The molecule has 0 aliphatic carbocycles. The molecule has 2 saturated heterocycles. The molecule has 4 nitrogen and oxygen atoms in total. The van der Waals surface area contributed by atoms with Crippen LogP contribution in [0.15, 0.2) is 42.5 Å². The molecule has 2 aromatic rings. The average molecular weight is 378 g/mol. The molecule has 2 heterocycles. The van der Waals surface area contributed by atoms with Crippen LogP contribution in [0.5, 0.6) is 0 Å². The number of anilines is 2. The van der Waals surface area contributed by atoms with Crippen LogP contribution in [0.1, 0.15) is 29.5 Å². The first-order valence-corrected chi connectivity index (χ1v) is 10.5. The van der Waals surface area contributed by atoms with Gasteiger partial charge in [0.05, 0.1) is 0 Å². The van der Waals surface area contributed by atoms with Crippen LogP contribution in [0.4, 0.5) is 11.4 Å². The Hall–Kier alpha value is -2.33. The molecular weight excluding hydrogens is 346 g/mol. The van der Waals surface area contributed by atoms with E-state index in [4.69, 9.17) is 0 Å². The maximum Gasteiger partial charge on any atom is 0.227 e. The third-order valence-corrected chi connectivity index (χ3v) is 6.33. The molecule has 0 bridgehead atoms. The van der Waals surface area contributed by atoms with Crippen molar-refractivity contribution in [3.8, 4) is 0 Å². The molecule has 2 aromatic carbocycles. The van der Waals surface area contributed by atoms with E-state index in [1.807, 2.05) is 4.90 Å². The van der Waals surface area contributed by atoms with Gasteiger partial charge in [-0.05, 0) is 61.6 Å². The minimum absolute atomic E-state index is 0.259. The van der Waals surface area contributed by atoms with Crippen molar-refractivity contribution in [1.82, 2.24) is 4.90 Å². The lowest BCUT2D eigenvalue weighted by atomic mass is 10.1. The fourth-order valence-electron chi connectivity index (χ4n) is 4.34. The van der Waals surface area contributed by atoms with Gasteiger partial charge in [-0.15, -0.1) is 0 Å². The standard InChI is InChI=1S/C24H31N3O/c1-19-5-3-6-23(20(19)2)26-17-15-25(16-18-26)14-12-21-8-10-22(11-9-21)27-13-4-7-24(27)28/h3,5-6,8-11H,4,7,12-18H2,1-2H3. The highest BCUT2D eigenvalue weighted by atomic mass is 16.2. The highest BCUT2D eigenvalue weighted by Gasteiger charge is 2.21. The van der Waals surface area contributed by atoms with Crippen molar-refractivity contribution in [3.63, 3.8) is 0 Å². The smallest absolute Gasteiger partial charge is 0.227 e. The Bertz CT molecular complexity index is 822. The average Bonchev–Trinajstić information content (AvgIpc) is 3.15. The van der Waals surface area contributed by atoms with Crippen molar-refractivity contribution in [2.24, 2.45) is 0 Å². The Labute approximate surface area is 168 Å². The first-order chi connectivity index (χ1) is 13.6. The summed E-state index contributed by atoms with van der Waals surface area (Å²) >= 11 is 0. The van der Waals surface area contributed by atoms with Crippen LogP contribution < -0.4 is 9.80 Å². The summed E-state index contributed by atoms with van der Waals surface area (Å²) in [5, 5.41) is 0. The Morgan fingerprint density at radius 2 is 1.64 bits per heavy atom. The zero-order chi connectivity index (χ0) is 19.5. The maximum absolute atomic E-state index is 11.9. The van der Waals surface area contributed by atoms with E-state index in [1.165, 1.54) is 22.4 Å². The second kappa shape index (κ2) is 8.36. The second-order valence-corrected chi connectivity index (χ2v) is 8.11. The minimum Gasteiger partial charge on any atom is -0.369 e. The van der Waals surface area contributed by atoms with Crippen LogP contribution in [0, 0.1) is 13.8 Å². The molecule has 28 heavy (non-hydrogen) atoms. The summed E-state index contributed by atoms with van der Waals surface area (Å²) in [6, 6.07) is 15.2. The van der Waals surface area contributed by atoms with E-state index in [9.17, 15) is 4.79 Å². The molecule has 0 aromatic heterocycles. The van der Waals surface area contributed by atoms with Gasteiger partial charge in [0.1, 0.15) is 0 Å². The number of piperazine rings is 1. The summed E-state index contributed by atoms with van der Waals surface area (Å²) < 4.78 is 0. The van der Waals surface area contributed by atoms with Crippen molar-refractivity contribution < 1.29 is 4.79 Å². The fraction of sp³-hybridized carbons (Fsp3) is 0.458. The molecule has 2 fully saturated rings. The van der Waals surface area contributed by atoms with Gasteiger partial charge >= 0.3 is 0 Å². The number of aryl methyl sites for hydroxylation is 1. The minimum atomic E-state index is 0.259. The van der Waals surface area contributed by atoms with E-state index in [-0.39, 0.29) is 5.91 Å². The number of rotatable bonds is 5. The van der Waals surface area contributed by atoms with Gasteiger partial charge in [-0.3, -0.25) is 9.69 Å². The lowest BCUT2D eigenvalue weighted by Gasteiger charge is -2.37. The Kier molecular flexibility index (Phi) is 5.67. The molecule has 0 radical (unpaired) electrons. The zero-order valence-corrected chi connectivity index (χ0v) is 17.2. The van der Waals surface area contributed by atoms with Gasteiger partial charge in [0, 0.05) is 57.1 Å². The number of hydrogen-bond acceptors (Lipinski definition) is 3. The first-order valence-electron chi connectivity index (χ1n) is 10.5. The summed E-state index contributed by atoms with van der Waals surface area (Å²) in [5.41, 5.74) is 6.58. The first kappa shape index (κ1) is 19.0. The number of benzene rings is 2. The molecule has 4 heteroatoms. The molecule has 2 aliphatic rings. The van der Waals surface area contributed by atoms with Gasteiger partial charge in [0.25, 0.3) is 0 Å². The van der Waals surface area contributed by atoms with Crippen LogP contribution >= 0.6 is 0 Å². The quantitative estimate of drug-likeness (QED) is 0.793. The number of carbonyl (C=O) groups excluding carboxylic acids is 1. The van der Waals surface area contributed by atoms with Crippen molar-refractivity contribution in [2.45, 2.75) is 33.1 Å². The molecule has 0 atom stereocenters. The SMILES string of the molecule is Cc1cccc(N2CCN(CCc3ccc(N4CCCC4=O)cc3)CC2)c1C. The summed E-state index contributed by atoms with van der Waals surface area (Å²) in [7, 11) is 0. The second-order valence-electron chi connectivity index (χ2n) is 8.11. The van der Waals surface area contributed by atoms with Crippen molar-refractivity contribution in [3.05, 3.63) is 59.2 Å². The molecule has 0 N–H and O–H groups in total. The molecule has 0 saturated carbocycles. The highest BCUT2D eigenvalue weighted by molar-refractivity contribution is 5.95. The van der Waals surface area contributed by atoms with Gasteiger partial charge in [-0.25, -0.2) is 0 Å². The van der Waals surface area contributed by atoms with Gasteiger partial charge in [0.2, 0.25) is 5.91 Å². The fourth-order valence-corrected chi connectivity index (χ4v) is 4.34. The molecule has 148 valence electrons. The Balaban J connectivity index is 1.27. The molecule has 4 rings (SSSR count). The third-order valence-electron chi connectivity index (χ3n) is 6.33. The van der Waals surface area contributed by atoms with Crippen molar-refractivity contribution in [2.75, 3.05) is 49.1 Å². The number of carbonyl (C=O) groups is 1. The predicted octanol–water partition coefficient (Wildman–Crippen LogP) is 3.79.